The number of benzene rings is 1. The zero-order valence-corrected chi connectivity index (χ0v) is 11.7. The zero-order chi connectivity index (χ0) is 13.3. The van der Waals surface area contributed by atoms with Crippen LogP contribution in [0.25, 0.3) is 0 Å². The number of nitrogens with zero attached hydrogens (tertiary/aromatic N) is 1. The Bertz CT molecular complexity index is 487. The third-order valence-corrected chi connectivity index (χ3v) is 4.15. The van der Waals surface area contributed by atoms with Gasteiger partial charge in [0.05, 0.1) is 16.1 Å². The van der Waals surface area contributed by atoms with Gasteiger partial charge in [0.25, 0.3) is 0 Å². The zero-order valence-electron chi connectivity index (χ0n) is 10.2. The number of carbonyl (C=O) groups excluding carboxylic acids is 1. The minimum absolute atomic E-state index is 0.0113. The van der Waals surface area contributed by atoms with Crippen LogP contribution in [0.15, 0.2) is 30.9 Å². The van der Waals surface area contributed by atoms with Gasteiger partial charge in [-0.05, 0) is 24.6 Å². The maximum atomic E-state index is 11.9. The summed E-state index contributed by atoms with van der Waals surface area (Å²) >= 11 is 11.9. The van der Waals surface area contributed by atoms with Crippen LogP contribution in [0.1, 0.15) is 24.9 Å². The summed E-state index contributed by atoms with van der Waals surface area (Å²) in [5.74, 6) is 0.418. The summed E-state index contributed by atoms with van der Waals surface area (Å²) in [7, 11) is 0. The fraction of sp³-hybridized carbons (Fsp3) is 0.357. The summed E-state index contributed by atoms with van der Waals surface area (Å²) in [6, 6.07) is 5.51. The molecule has 1 heterocycles. The number of likely N-dealkylation sites (tertiary alicyclic amines) is 1. The largest absolute Gasteiger partial charge is 0.335 e. The van der Waals surface area contributed by atoms with Crippen LogP contribution in [0.2, 0.25) is 10.0 Å². The number of hydrogen-bond donors (Lipinski definition) is 0. The van der Waals surface area contributed by atoms with Gasteiger partial charge in [-0.15, -0.1) is 6.58 Å². The Morgan fingerprint density at radius 3 is 2.72 bits per heavy atom. The van der Waals surface area contributed by atoms with E-state index in [1.54, 1.807) is 6.07 Å². The molecule has 0 bridgehead atoms. The monoisotopic (exact) mass is 283 g/mol. The Morgan fingerprint density at radius 2 is 2.17 bits per heavy atom. The lowest BCUT2D eigenvalue weighted by molar-refractivity contribution is -0.129. The highest BCUT2D eigenvalue weighted by atomic mass is 35.5. The first kappa shape index (κ1) is 13.4. The predicted molar refractivity (Wildman–Crippen MR) is 74.9 cm³/mol. The molecule has 0 N–H and O–H groups in total. The molecule has 2 rings (SSSR count). The van der Waals surface area contributed by atoms with Gasteiger partial charge in [0.15, 0.2) is 0 Å². The molecule has 1 amide bonds. The Balaban J connectivity index is 2.20. The van der Waals surface area contributed by atoms with Crippen molar-refractivity contribution in [1.29, 1.82) is 0 Å². The first-order valence-electron chi connectivity index (χ1n) is 5.90. The molecule has 1 aromatic carbocycles. The molecule has 1 aliphatic rings. The van der Waals surface area contributed by atoms with E-state index in [0.29, 0.717) is 16.5 Å². The smallest absolute Gasteiger partial charge is 0.223 e. The molecular formula is C14H15Cl2NO. The fourth-order valence-corrected chi connectivity index (χ4v) is 2.55. The summed E-state index contributed by atoms with van der Waals surface area (Å²) in [6.45, 7) is 6.48. The van der Waals surface area contributed by atoms with E-state index in [-0.39, 0.29) is 17.9 Å². The molecule has 0 aliphatic carbocycles. The quantitative estimate of drug-likeness (QED) is 0.765. The van der Waals surface area contributed by atoms with Crippen molar-refractivity contribution in [3.8, 4) is 0 Å². The van der Waals surface area contributed by atoms with E-state index in [1.165, 1.54) is 0 Å². The standard InChI is InChI=1S/C14H15Cl2NO/c1-3-10-6-14(18)17(8-10)9(2)11-4-5-12(15)13(16)7-11/h3-5,7,9-10H,1,6,8H2,2H3. The van der Waals surface area contributed by atoms with Crippen molar-refractivity contribution in [2.24, 2.45) is 5.92 Å². The van der Waals surface area contributed by atoms with Crippen molar-refractivity contribution < 1.29 is 4.79 Å². The van der Waals surface area contributed by atoms with E-state index in [0.717, 1.165) is 12.1 Å². The minimum Gasteiger partial charge on any atom is -0.335 e. The van der Waals surface area contributed by atoms with E-state index >= 15 is 0 Å². The van der Waals surface area contributed by atoms with Gasteiger partial charge in [-0.1, -0.05) is 35.3 Å². The van der Waals surface area contributed by atoms with Gasteiger partial charge in [-0.25, -0.2) is 0 Å². The second-order valence-electron chi connectivity index (χ2n) is 4.60. The Morgan fingerprint density at radius 1 is 1.44 bits per heavy atom. The van der Waals surface area contributed by atoms with E-state index in [2.05, 4.69) is 6.58 Å². The molecule has 1 fully saturated rings. The molecule has 4 heteroatoms. The van der Waals surface area contributed by atoms with Crippen LogP contribution in [-0.4, -0.2) is 17.4 Å². The third kappa shape index (κ3) is 2.55. The van der Waals surface area contributed by atoms with E-state index in [9.17, 15) is 4.79 Å². The van der Waals surface area contributed by atoms with Crippen molar-refractivity contribution in [2.45, 2.75) is 19.4 Å². The van der Waals surface area contributed by atoms with Crippen molar-refractivity contribution in [1.82, 2.24) is 4.90 Å². The van der Waals surface area contributed by atoms with Gasteiger partial charge >= 0.3 is 0 Å². The second kappa shape index (κ2) is 5.33. The number of carbonyl (C=O) groups is 1. The number of amides is 1. The van der Waals surface area contributed by atoms with Crippen LogP contribution in [-0.2, 0) is 4.79 Å². The summed E-state index contributed by atoms with van der Waals surface area (Å²) in [6.07, 6.45) is 2.40. The molecule has 0 aromatic heterocycles. The number of hydrogen-bond acceptors (Lipinski definition) is 1. The fourth-order valence-electron chi connectivity index (χ4n) is 2.24. The molecule has 1 aliphatic heterocycles. The first-order chi connectivity index (χ1) is 8.52. The average molecular weight is 284 g/mol. The third-order valence-electron chi connectivity index (χ3n) is 3.42. The maximum absolute atomic E-state index is 11.9. The van der Waals surface area contributed by atoms with Crippen molar-refractivity contribution >= 4 is 29.1 Å². The molecule has 2 nitrogen and oxygen atoms in total. The molecule has 0 saturated carbocycles. The lowest BCUT2D eigenvalue weighted by Gasteiger charge is -2.25. The summed E-state index contributed by atoms with van der Waals surface area (Å²) in [5, 5.41) is 1.05. The van der Waals surface area contributed by atoms with Gasteiger partial charge in [0.2, 0.25) is 5.91 Å². The lowest BCUT2D eigenvalue weighted by Crippen LogP contribution is -2.28. The molecule has 18 heavy (non-hydrogen) atoms. The molecule has 2 atom stereocenters. The highest BCUT2D eigenvalue weighted by Crippen LogP contribution is 2.32. The van der Waals surface area contributed by atoms with Crippen molar-refractivity contribution in [2.75, 3.05) is 6.54 Å². The molecule has 96 valence electrons. The molecular weight excluding hydrogens is 269 g/mol. The van der Waals surface area contributed by atoms with E-state index in [1.807, 2.05) is 30.0 Å². The molecule has 2 unspecified atom stereocenters. The lowest BCUT2D eigenvalue weighted by atomic mass is 10.1. The maximum Gasteiger partial charge on any atom is 0.223 e. The van der Waals surface area contributed by atoms with Gasteiger partial charge in [0.1, 0.15) is 0 Å². The highest BCUT2D eigenvalue weighted by Gasteiger charge is 2.31. The van der Waals surface area contributed by atoms with Crippen molar-refractivity contribution in [3.63, 3.8) is 0 Å². The number of halogens is 2. The van der Waals surface area contributed by atoms with Crippen LogP contribution in [0, 0.1) is 5.92 Å². The van der Waals surface area contributed by atoms with Gasteiger partial charge in [0, 0.05) is 18.9 Å². The molecule has 1 aromatic rings. The van der Waals surface area contributed by atoms with Crippen LogP contribution in [0.5, 0.6) is 0 Å². The Hall–Kier alpha value is -0.990. The van der Waals surface area contributed by atoms with Gasteiger partial charge in [-0.2, -0.15) is 0 Å². The van der Waals surface area contributed by atoms with Crippen LogP contribution in [0.4, 0.5) is 0 Å². The predicted octanol–water partition coefficient (Wildman–Crippen LogP) is 4.09. The summed E-state index contributed by atoms with van der Waals surface area (Å²) in [5.41, 5.74) is 1.00. The van der Waals surface area contributed by atoms with Gasteiger partial charge < -0.3 is 4.90 Å². The SMILES string of the molecule is C=CC1CC(=O)N(C(C)c2ccc(Cl)c(Cl)c2)C1. The minimum atomic E-state index is 0.0113. The molecule has 0 radical (unpaired) electrons. The molecule has 0 spiro atoms. The average Bonchev–Trinajstić information content (AvgIpc) is 2.73. The highest BCUT2D eigenvalue weighted by molar-refractivity contribution is 6.42. The van der Waals surface area contributed by atoms with Crippen molar-refractivity contribution in [3.05, 3.63) is 46.5 Å². The van der Waals surface area contributed by atoms with Gasteiger partial charge in [-0.3, -0.25) is 4.79 Å². The van der Waals surface area contributed by atoms with Crippen LogP contribution in [0.3, 0.4) is 0 Å². The van der Waals surface area contributed by atoms with E-state index in [4.69, 9.17) is 23.2 Å². The van der Waals surface area contributed by atoms with E-state index < -0.39 is 0 Å². The Kier molecular flexibility index (Phi) is 3.98. The topological polar surface area (TPSA) is 20.3 Å². The molecule has 1 saturated heterocycles. The second-order valence-corrected chi connectivity index (χ2v) is 5.41. The van der Waals surface area contributed by atoms with Crippen LogP contribution < -0.4 is 0 Å². The normalized spacial score (nSPS) is 21.2. The first-order valence-corrected chi connectivity index (χ1v) is 6.65. The Labute approximate surface area is 117 Å². The van der Waals surface area contributed by atoms with Crippen LogP contribution >= 0.6 is 23.2 Å². The summed E-state index contributed by atoms with van der Waals surface area (Å²) < 4.78 is 0. The number of rotatable bonds is 3. The summed E-state index contributed by atoms with van der Waals surface area (Å²) in [4.78, 5) is 13.8.